The third-order valence-electron chi connectivity index (χ3n) is 1.45. The van der Waals surface area contributed by atoms with Gasteiger partial charge in [0.15, 0.2) is 5.75 Å². The maximum Gasteiger partial charge on any atom is 0.190 e. The van der Waals surface area contributed by atoms with Crippen molar-refractivity contribution < 1.29 is 4.55 Å². The van der Waals surface area contributed by atoms with Crippen molar-refractivity contribution in [3.05, 3.63) is 0 Å². The Labute approximate surface area is 71.8 Å². The minimum absolute atomic E-state index is 0.201. The fourth-order valence-electron chi connectivity index (χ4n) is 0.834. The van der Waals surface area contributed by atoms with E-state index in [9.17, 15) is 4.55 Å². The van der Waals surface area contributed by atoms with Gasteiger partial charge in [-0.2, -0.15) is 5.26 Å². The van der Waals surface area contributed by atoms with Crippen molar-refractivity contribution in [1.82, 2.24) is 0 Å². The van der Waals surface area contributed by atoms with Crippen molar-refractivity contribution in [1.29, 1.82) is 5.26 Å². The molecule has 0 rings (SSSR count). The van der Waals surface area contributed by atoms with Crippen molar-refractivity contribution in [2.75, 3.05) is 11.5 Å². The van der Waals surface area contributed by atoms with Gasteiger partial charge < -0.3 is 4.55 Å². The van der Waals surface area contributed by atoms with E-state index in [4.69, 9.17) is 5.26 Å². The molecule has 1 unspecified atom stereocenters. The minimum Gasteiger partial charge on any atom is -0.616 e. The molecule has 0 amide bonds. The van der Waals surface area contributed by atoms with E-state index in [0.29, 0.717) is 5.75 Å². The zero-order chi connectivity index (χ0) is 8.53. The van der Waals surface area contributed by atoms with Crippen LogP contribution in [0.3, 0.4) is 0 Å². The first-order valence-corrected chi connectivity index (χ1v) is 5.52. The predicted molar refractivity (Wildman–Crippen MR) is 47.6 cm³/mol. The second-order valence-electron chi connectivity index (χ2n) is 2.51. The van der Waals surface area contributed by atoms with Gasteiger partial charge in [0.25, 0.3) is 0 Å². The minimum atomic E-state index is -0.885. The molecule has 0 heterocycles. The quantitative estimate of drug-likeness (QED) is 0.454. The van der Waals surface area contributed by atoms with E-state index in [1.54, 1.807) is 0 Å². The Morgan fingerprint density at radius 1 is 1.36 bits per heavy atom. The van der Waals surface area contributed by atoms with Crippen LogP contribution in [0.25, 0.3) is 0 Å². The molecule has 0 fully saturated rings. The first-order chi connectivity index (χ1) is 5.31. The fraction of sp³-hybridized carbons (Fsp3) is 0.875. The van der Waals surface area contributed by atoms with Crippen molar-refractivity contribution >= 4 is 11.2 Å². The van der Waals surface area contributed by atoms with Crippen LogP contribution in [0.2, 0.25) is 0 Å². The highest BCUT2D eigenvalue weighted by Gasteiger charge is 2.02. The molecule has 0 spiro atoms. The monoisotopic (exact) mass is 173 g/mol. The molecule has 64 valence electrons. The Hall–Kier alpha value is -0.200. The van der Waals surface area contributed by atoms with Gasteiger partial charge in [-0.1, -0.05) is 19.8 Å². The molecular formula is C8H15NOS. The Kier molecular flexibility index (Phi) is 7.76. The van der Waals surface area contributed by atoms with Crippen LogP contribution in [0.5, 0.6) is 0 Å². The Morgan fingerprint density at radius 3 is 2.64 bits per heavy atom. The molecule has 2 nitrogen and oxygen atoms in total. The summed E-state index contributed by atoms with van der Waals surface area (Å²) in [5, 5.41) is 8.20. The third kappa shape index (κ3) is 7.70. The lowest BCUT2D eigenvalue weighted by molar-refractivity contribution is 0.591. The molecule has 0 aliphatic carbocycles. The van der Waals surface area contributed by atoms with Crippen LogP contribution >= 0.6 is 0 Å². The standard InChI is InChI=1S/C8H15NOS/c1-2-3-4-5-7-11(10)8-6-9/h2-5,7-8H2,1H3. The van der Waals surface area contributed by atoms with E-state index in [-0.39, 0.29) is 5.75 Å². The van der Waals surface area contributed by atoms with Crippen LogP contribution < -0.4 is 0 Å². The summed E-state index contributed by atoms with van der Waals surface area (Å²) in [5.41, 5.74) is 0. The first-order valence-electron chi connectivity index (χ1n) is 4.03. The lowest BCUT2D eigenvalue weighted by atomic mass is 10.2. The van der Waals surface area contributed by atoms with Gasteiger partial charge in [0, 0.05) is 0 Å². The molecular weight excluding hydrogens is 158 g/mol. The van der Waals surface area contributed by atoms with E-state index < -0.39 is 11.2 Å². The van der Waals surface area contributed by atoms with Gasteiger partial charge in [-0.25, -0.2) is 0 Å². The van der Waals surface area contributed by atoms with Crippen molar-refractivity contribution in [3.8, 4) is 6.07 Å². The molecule has 3 heteroatoms. The van der Waals surface area contributed by atoms with Gasteiger partial charge in [-0.3, -0.25) is 0 Å². The molecule has 0 aliphatic rings. The summed E-state index contributed by atoms with van der Waals surface area (Å²) in [5.74, 6) is 0.902. The molecule has 1 atom stereocenters. The number of nitrogens with zero attached hydrogens (tertiary/aromatic N) is 1. The van der Waals surface area contributed by atoms with Gasteiger partial charge in [0.2, 0.25) is 0 Å². The number of hydrogen-bond acceptors (Lipinski definition) is 2. The van der Waals surface area contributed by atoms with Gasteiger partial charge in [-0.15, -0.1) is 0 Å². The zero-order valence-electron chi connectivity index (χ0n) is 7.01. The van der Waals surface area contributed by atoms with Crippen LogP contribution in [0.4, 0.5) is 0 Å². The molecule has 0 radical (unpaired) electrons. The summed E-state index contributed by atoms with van der Waals surface area (Å²) < 4.78 is 10.9. The summed E-state index contributed by atoms with van der Waals surface area (Å²) in [6.45, 7) is 2.15. The molecule has 0 saturated carbocycles. The Balaban J connectivity index is 3.05. The second-order valence-corrected chi connectivity index (χ2v) is 4.08. The van der Waals surface area contributed by atoms with Gasteiger partial charge in [-0.05, 0) is 24.0 Å². The normalized spacial score (nSPS) is 12.5. The number of rotatable bonds is 6. The molecule has 0 aliphatic heterocycles. The largest absolute Gasteiger partial charge is 0.616 e. The van der Waals surface area contributed by atoms with Crippen molar-refractivity contribution in [2.24, 2.45) is 0 Å². The molecule has 0 aromatic carbocycles. The molecule has 0 saturated heterocycles. The summed E-state index contributed by atoms with van der Waals surface area (Å²) in [4.78, 5) is 0. The third-order valence-corrected chi connectivity index (χ3v) is 2.65. The lowest BCUT2D eigenvalue weighted by Gasteiger charge is -2.05. The molecule has 0 N–H and O–H groups in total. The SMILES string of the molecule is CCCCCC[S+]([O-])CC#N. The molecule has 0 bridgehead atoms. The zero-order valence-corrected chi connectivity index (χ0v) is 7.82. The lowest BCUT2D eigenvalue weighted by Crippen LogP contribution is -2.09. The van der Waals surface area contributed by atoms with Gasteiger partial charge >= 0.3 is 0 Å². The van der Waals surface area contributed by atoms with Crippen molar-refractivity contribution in [2.45, 2.75) is 32.6 Å². The Bertz CT molecular complexity index is 122. The van der Waals surface area contributed by atoms with E-state index in [1.165, 1.54) is 12.8 Å². The van der Waals surface area contributed by atoms with E-state index in [2.05, 4.69) is 6.92 Å². The van der Waals surface area contributed by atoms with Crippen LogP contribution in [-0.4, -0.2) is 16.1 Å². The topological polar surface area (TPSA) is 46.8 Å². The van der Waals surface area contributed by atoms with Crippen LogP contribution in [0.15, 0.2) is 0 Å². The average Bonchev–Trinajstić information content (AvgIpc) is 1.99. The van der Waals surface area contributed by atoms with Crippen LogP contribution in [0.1, 0.15) is 32.6 Å². The van der Waals surface area contributed by atoms with E-state index in [0.717, 1.165) is 12.8 Å². The maximum absolute atomic E-state index is 10.9. The second kappa shape index (κ2) is 7.90. The van der Waals surface area contributed by atoms with Gasteiger partial charge in [0.05, 0.1) is 0 Å². The summed E-state index contributed by atoms with van der Waals surface area (Å²) in [6, 6.07) is 1.91. The number of hydrogen-bond donors (Lipinski definition) is 0. The first kappa shape index (κ1) is 10.8. The summed E-state index contributed by atoms with van der Waals surface area (Å²) >= 11 is -0.885. The summed E-state index contributed by atoms with van der Waals surface area (Å²) in [6.07, 6.45) is 4.56. The Morgan fingerprint density at radius 2 is 2.09 bits per heavy atom. The van der Waals surface area contributed by atoms with E-state index in [1.807, 2.05) is 6.07 Å². The molecule has 0 aromatic heterocycles. The highest BCUT2D eigenvalue weighted by atomic mass is 32.2. The van der Waals surface area contributed by atoms with Crippen LogP contribution in [-0.2, 0) is 11.2 Å². The average molecular weight is 173 g/mol. The number of unbranched alkanes of at least 4 members (excludes halogenated alkanes) is 3. The summed E-state index contributed by atoms with van der Waals surface area (Å²) in [7, 11) is 0. The maximum atomic E-state index is 10.9. The van der Waals surface area contributed by atoms with Crippen LogP contribution in [0, 0.1) is 11.3 Å². The van der Waals surface area contributed by atoms with E-state index >= 15 is 0 Å². The predicted octanol–water partition coefficient (Wildman–Crippen LogP) is 1.84. The highest BCUT2D eigenvalue weighted by Crippen LogP contribution is 2.02. The number of nitriles is 1. The highest BCUT2D eigenvalue weighted by molar-refractivity contribution is 7.91. The van der Waals surface area contributed by atoms with Crippen molar-refractivity contribution in [3.63, 3.8) is 0 Å². The molecule has 0 aromatic rings. The smallest absolute Gasteiger partial charge is 0.190 e. The van der Waals surface area contributed by atoms with Gasteiger partial charge in [0.1, 0.15) is 11.8 Å². The molecule has 11 heavy (non-hydrogen) atoms. The fourth-order valence-corrected chi connectivity index (χ4v) is 1.65.